The summed E-state index contributed by atoms with van der Waals surface area (Å²) in [7, 11) is 0. The van der Waals surface area contributed by atoms with Crippen LogP contribution in [-0.4, -0.2) is 5.78 Å². The zero-order valence-corrected chi connectivity index (χ0v) is 9.03. The molecule has 0 atom stereocenters. The van der Waals surface area contributed by atoms with Gasteiger partial charge in [-0.25, -0.2) is 0 Å². The average molecular weight is 225 g/mol. The lowest BCUT2D eigenvalue weighted by Crippen LogP contribution is -2.20. The van der Waals surface area contributed by atoms with Crippen LogP contribution in [0.15, 0.2) is 41.2 Å². The van der Waals surface area contributed by atoms with E-state index in [4.69, 9.17) is 17.2 Å². The van der Waals surface area contributed by atoms with Crippen molar-refractivity contribution in [2.45, 2.75) is 0 Å². The van der Waals surface area contributed by atoms with Gasteiger partial charge in [-0.05, 0) is 35.4 Å². The van der Waals surface area contributed by atoms with Crippen molar-refractivity contribution in [3.05, 3.63) is 52.4 Å². The number of hydrogen-bond donors (Lipinski definition) is 3. The van der Waals surface area contributed by atoms with Crippen molar-refractivity contribution >= 4 is 23.1 Å². The largest absolute Gasteiger partial charge is 0.399 e. The summed E-state index contributed by atoms with van der Waals surface area (Å²) in [6.45, 7) is 0. The maximum absolute atomic E-state index is 11.9. The van der Waals surface area contributed by atoms with Gasteiger partial charge in [-0.1, -0.05) is 6.07 Å². The third kappa shape index (κ3) is 1.21. The lowest BCUT2D eigenvalue weighted by Gasteiger charge is -2.14. The molecule has 0 fully saturated rings. The Labute approximate surface area is 98.1 Å². The Hall–Kier alpha value is -2.49. The van der Waals surface area contributed by atoms with Gasteiger partial charge in [0.05, 0.1) is 5.70 Å². The Balaban J connectivity index is 2.31. The highest BCUT2D eigenvalue weighted by Crippen LogP contribution is 2.40. The molecular formula is C13H11N3O. The second kappa shape index (κ2) is 3.01. The van der Waals surface area contributed by atoms with Gasteiger partial charge in [-0.15, -0.1) is 0 Å². The van der Waals surface area contributed by atoms with E-state index >= 15 is 0 Å². The number of ketones is 1. The topological polar surface area (TPSA) is 95.1 Å². The van der Waals surface area contributed by atoms with Crippen LogP contribution in [0.4, 0.5) is 5.69 Å². The molecule has 0 heterocycles. The van der Waals surface area contributed by atoms with Gasteiger partial charge in [0.15, 0.2) is 0 Å². The Bertz CT molecular complexity index is 651. The van der Waals surface area contributed by atoms with E-state index in [-0.39, 0.29) is 11.5 Å². The first-order valence-corrected chi connectivity index (χ1v) is 5.21. The van der Waals surface area contributed by atoms with E-state index in [1.165, 1.54) is 6.08 Å². The standard InChI is InChI=1S/C13H11N3O/c14-7-1-2-8-6(3-7)4-9-12(8)10(15)5-11(16)13(9)17/h1-5H,14-16H2. The molecule has 0 aromatic heterocycles. The molecule has 0 unspecified atom stereocenters. The molecule has 4 nitrogen and oxygen atoms in total. The smallest absolute Gasteiger partial charge is 0.209 e. The summed E-state index contributed by atoms with van der Waals surface area (Å²) in [5.41, 5.74) is 21.8. The molecule has 84 valence electrons. The SMILES string of the molecule is NC1=CC(N)=C2C(=Cc3cc(N)ccc32)C1=O. The summed E-state index contributed by atoms with van der Waals surface area (Å²) < 4.78 is 0. The molecule has 0 radical (unpaired) electrons. The van der Waals surface area contributed by atoms with Crippen LogP contribution in [0.3, 0.4) is 0 Å². The van der Waals surface area contributed by atoms with E-state index in [2.05, 4.69) is 0 Å². The summed E-state index contributed by atoms with van der Waals surface area (Å²) in [4.78, 5) is 11.9. The second-order valence-corrected chi connectivity index (χ2v) is 4.16. The molecule has 0 bridgehead atoms. The third-order valence-electron chi connectivity index (χ3n) is 3.02. The number of hydrogen-bond acceptors (Lipinski definition) is 4. The van der Waals surface area contributed by atoms with Crippen LogP contribution in [0.5, 0.6) is 0 Å². The molecule has 2 aliphatic carbocycles. The number of nitrogen functional groups attached to an aromatic ring is 1. The molecule has 0 spiro atoms. The van der Waals surface area contributed by atoms with E-state index in [9.17, 15) is 4.79 Å². The summed E-state index contributed by atoms with van der Waals surface area (Å²) in [5, 5.41) is 0. The van der Waals surface area contributed by atoms with Gasteiger partial charge in [-0.2, -0.15) is 0 Å². The van der Waals surface area contributed by atoms with Crippen molar-refractivity contribution in [3.63, 3.8) is 0 Å². The van der Waals surface area contributed by atoms with Gasteiger partial charge in [0, 0.05) is 22.5 Å². The predicted octanol–water partition coefficient (Wildman–Crippen LogP) is 0.761. The van der Waals surface area contributed by atoms with Gasteiger partial charge in [0.2, 0.25) is 5.78 Å². The zero-order valence-electron chi connectivity index (χ0n) is 9.03. The first kappa shape index (κ1) is 9.72. The number of allylic oxidation sites excluding steroid dienone is 3. The number of fused-ring (bicyclic) bond motifs is 3. The number of anilines is 1. The Morgan fingerprint density at radius 3 is 2.53 bits per heavy atom. The van der Waals surface area contributed by atoms with E-state index in [0.29, 0.717) is 17.0 Å². The highest BCUT2D eigenvalue weighted by molar-refractivity contribution is 6.26. The second-order valence-electron chi connectivity index (χ2n) is 4.16. The van der Waals surface area contributed by atoms with Crippen molar-refractivity contribution in [1.29, 1.82) is 0 Å². The summed E-state index contributed by atoms with van der Waals surface area (Å²) in [6, 6.07) is 5.49. The lowest BCUT2D eigenvalue weighted by atomic mass is 9.92. The fraction of sp³-hybridized carbons (Fsp3) is 0. The van der Waals surface area contributed by atoms with Gasteiger partial charge >= 0.3 is 0 Å². The van der Waals surface area contributed by atoms with Crippen molar-refractivity contribution in [2.24, 2.45) is 11.5 Å². The molecule has 1 aromatic carbocycles. The number of benzene rings is 1. The van der Waals surface area contributed by atoms with Gasteiger partial charge in [-0.3, -0.25) is 4.79 Å². The number of nitrogens with two attached hydrogens (primary N) is 3. The Morgan fingerprint density at radius 2 is 1.76 bits per heavy atom. The molecule has 0 amide bonds. The van der Waals surface area contributed by atoms with E-state index < -0.39 is 0 Å². The fourth-order valence-corrected chi connectivity index (χ4v) is 2.25. The van der Waals surface area contributed by atoms with Crippen molar-refractivity contribution in [2.75, 3.05) is 5.73 Å². The average Bonchev–Trinajstić information content (AvgIpc) is 2.64. The minimum absolute atomic E-state index is 0.177. The maximum Gasteiger partial charge on any atom is 0.209 e. The van der Waals surface area contributed by atoms with Gasteiger partial charge in [0.1, 0.15) is 0 Å². The van der Waals surface area contributed by atoms with Crippen molar-refractivity contribution in [3.8, 4) is 0 Å². The van der Waals surface area contributed by atoms with Crippen LogP contribution in [-0.2, 0) is 4.79 Å². The monoisotopic (exact) mass is 225 g/mol. The first-order chi connectivity index (χ1) is 8.08. The van der Waals surface area contributed by atoms with Crippen LogP contribution in [0.25, 0.3) is 11.6 Å². The highest BCUT2D eigenvalue weighted by atomic mass is 16.1. The van der Waals surface area contributed by atoms with Crippen molar-refractivity contribution in [1.82, 2.24) is 0 Å². The zero-order chi connectivity index (χ0) is 12.2. The quantitative estimate of drug-likeness (QED) is 0.568. The molecule has 1 aromatic rings. The molecule has 3 rings (SSSR count). The molecule has 0 aliphatic heterocycles. The fourth-order valence-electron chi connectivity index (χ4n) is 2.25. The number of rotatable bonds is 0. The third-order valence-corrected chi connectivity index (χ3v) is 3.02. The summed E-state index contributed by atoms with van der Waals surface area (Å²) in [6.07, 6.45) is 3.30. The molecule has 0 saturated carbocycles. The Morgan fingerprint density at radius 1 is 1.00 bits per heavy atom. The predicted molar refractivity (Wildman–Crippen MR) is 67.2 cm³/mol. The van der Waals surface area contributed by atoms with E-state index in [1.54, 1.807) is 12.1 Å². The minimum Gasteiger partial charge on any atom is -0.399 e. The van der Waals surface area contributed by atoms with Crippen LogP contribution < -0.4 is 17.2 Å². The number of Topliss-reactive ketones (excluding diaryl/α,β-unsaturated/α-hetero) is 1. The summed E-state index contributed by atoms with van der Waals surface area (Å²) >= 11 is 0. The lowest BCUT2D eigenvalue weighted by molar-refractivity contribution is -0.111. The van der Waals surface area contributed by atoms with Crippen LogP contribution in [0, 0.1) is 0 Å². The molecule has 4 heteroatoms. The summed E-state index contributed by atoms with van der Waals surface area (Å²) in [5.74, 6) is -0.177. The number of carbonyl (C=O) groups excluding carboxylic acids is 1. The minimum atomic E-state index is -0.177. The molecule has 17 heavy (non-hydrogen) atoms. The van der Waals surface area contributed by atoms with Crippen LogP contribution >= 0.6 is 0 Å². The molecule has 6 N–H and O–H groups in total. The maximum atomic E-state index is 11.9. The highest BCUT2D eigenvalue weighted by Gasteiger charge is 2.30. The van der Waals surface area contributed by atoms with Gasteiger partial charge < -0.3 is 17.2 Å². The van der Waals surface area contributed by atoms with Crippen LogP contribution in [0.1, 0.15) is 11.1 Å². The van der Waals surface area contributed by atoms with E-state index in [1.807, 2.05) is 12.1 Å². The number of carbonyl (C=O) groups is 1. The Kier molecular flexibility index (Phi) is 1.72. The normalized spacial score (nSPS) is 17.5. The van der Waals surface area contributed by atoms with Crippen molar-refractivity contribution < 1.29 is 4.79 Å². The molecule has 0 saturated heterocycles. The van der Waals surface area contributed by atoms with Gasteiger partial charge in [0.25, 0.3) is 0 Å². The molecular weight excluding hydrogens is 214 g/mol. The molecule has 2 aliphatic rings. The first-order valence-electron chi connectivity index (χ1n) is 5.21. The van der Waals surface area contributed by atoms with Crippen LogP contribution in [0.2, 0.25) is 0 Å². The van der Waals surface area contributed by atoms with E-state index in [0.717, 1.165) is 16.7 Å².